The largest absolute Gasteiger partial charge is 0.389 e. The van der Waals surface area contributed by atoms with Gasteiger partial charge >= 0.3 is 0 Å². The van der Waals surface area contributed by atoms with E-state index in [1.165, 1.54) is 4.90 Å². The van der Waals surface area contributed by atoms with Crippen LogP contribution < -0.4 is 11.1 Å². The van der Waals surface area contributed by atoms with Crippen LogP contribution in [-0.4, -0.2) is 11.2 Å². The molecule has 0 unspecified atom stereocenters. The normalized spacial score (nSPS) is 10.1. The first-order valence-corrected chi connectivity index (χ1v) is 7.14. The first-order valence-electron chi connectivity index (χ1n) is 5.51. The zero-order valence-corrected chi connectivity index (χ0v) is 11.6. The molecule has 2 aromatic carbocycles. The molecule has 0 aliphatic heterocycles. The van der Waals surface area contributed by atoms with Crippen LogP contribution in [0.4, 0.5) is 11.4 Å². The van der Waals surface area contributed by atoms with Crippen LogP contribution in [0.1, 0.15) is 5.56 Å². The van der Waals surface area contributed by atoms with Crippen LogP contribution >= 0.6 is 24.0 Å². The molecular formula is C14H14N2S2. The third-order valence-electron chi connectivity index (χ3n) is 2.57. The molecule has 92 valence electrons. The van der Waals surface area contributed by atoms with Crippen molar-refractivity contribution in [1.29, 1.82) is 0 Å². The first-order chi connectivity index (χ1) is 8.72. The van der Waals surface area contributed by atoms with Crippen LogP contribution in [0.5, 0.6) is 0 Å². The highest BCUT2D eigenvalue weighted by atomic mass is 32.2. The molecule has 0 atom stereocenters. The van der Waals surface area contributed by atoms with Crippen molar-refractivity contribution in [2.45, 2.75) is 4.90 Å². The minimum atomic E-state index is 0.403. The van der Waals surface area contributed by atoms with Crippen molar-refractivity contribution in [3.05, 3.63) is 54.1 Å². The van der Waals surface area contributed by atoms with Gasteiger partial charge in [-0.2, -0.15) is 0 Å². The third kappa shape index (κ3) is 2.83. The number of hydrogen-bond donors (Lipinski definition) is 2. The Balaban J connectivity index is 2.37. The molecule has 0 saturated carbocycles. The summed E-state index contributed by atoms with van der Waals surface area (Å²) in [4.78, 5) is 1.59. The van der Waals surface area contributed by atoms with Gasteiger partial charge in [-0.1, -0.05) is 36.5 Å². The molecule has 0 saturated heterocycles. The average Bonchev–Trinajstić information content (AvgIpc) is 2.40. The molecule has 0 aliphatic rings. The topological polar surface area (TPSA) is 38.0 Å². The predicted octanol–water partition coefficient (Wildman–Crippen LogP) is 3.79. The van der Waals surface area contributed by atoms with Gasteiger partial charge < -0.3 is 11.1 Å². The zero-order chi connectivity index (χ0) is 13.0. The maximum Gasteiger partial charge on any atom is 0.106 e. The van der Waals surface area contributed by atoms with Crippen molar-refractivity contribution in [2.75, 3.05) is 11.6 Å². The number of benzene rings is 2. The molecular weight excluding hydrogens is 260 g/mol. The molecule has 0 heterocycles. The highest BCUT2D eigenvalue weighted by Crippen LogP contribution is 2.29. The minimum Gasteiger partial charge on any atom is -0.389 e. The quantitative estimate of drug-likeness (QED) is 0.657. The Bertz CT molecular complexity index is 567. The van der Waals surface area contributed by atoms with Crippen LogP contribution in [0.2, 0.25) is 0 Å². The smallest absolute Gasteiger partial charge is 0.106 e. The van der Waals surface area contributed by atoms with E-state index in [9.17, 15) is 0 Å². The Morgan fingerprint density at radius 3 is 2.33 bits per heavy atom. The Labute approximate surface area is 117 Å². The van der Waals surface area contributed by atoms with Crippen LogP contribution in [-0.2, 0) is 0 Å². The van der Waals surface area contributed by atoms with Gasteiger partial charge in [0.15, 0.2) is 0 Å². The third-order valence-corrected chi connectivity index (χ3v) is 3.58. The second-order valence-electron chi connectivity index (χ2n) is 3.74. The number of nitrogens with two attached hydrogens (primary N) is 1. The van der Waals surface area contributed by atoms with Crippen LogP contribution in [0, 0.1) is 0 Å². The van der Waals surface area contributed by atoms with Crippen molar-refractivity contribution < 1.29 is 0 Å². The Morgan fingerprint density at radius 2 is 1.67 bits per heavy atom. The highest BCUT2D eigenvalue weighted by molar-refractivity contribution is 7.98. The Hall–Kier alpha value is -1.52. The van der Waals surface area contributed by atoms with Crippen molar-refractivity contribution >= 4 is 40.3 Å². The van der Waals surface area contributed by atoms with Gasteiger partial charge in [-0.05, 0) is 30.5 Å². The molecule has 2 aromatic rings. The van der Waals surface area contributed by atoms with Crippen LogP contribution in [0.3, 0.4) is 0 Å². The molecule has 0 radical (unpaired) electrons. The van der Waals surface area contributed by atoms with E-state index < -0.39 is 0 Å². The van der Waals surface area contributed by atoms with E-state index in [0.29, 0.717) is 4.99 Å². The van der Waals surface area contributed by atoms with E-state index in [1.807, 2.05) is 42.5 Å². The van der Waals surface area contributed by atoms with Crippen molar-refractivity contribution in [3.8, 4) is 0 Å². The molecule has 4 heteroatoms. The summed E-state index contributed by atoms with van der Waals surface area (Å²) < 4.78 is 0. The van der Waals surface area contributed by atoms with Gasteiger partial charge in [0.1, 0.15) is 4.99 Å². The number of thiocarbonyl (C=S) groups is 1. The number of anilines is 2. The Kier molecular flexibility index (Phi) is 4.23. The molecule has 2 nitrogen and oxygen atoms in total. The van der Waals surface area contributed by atoms with Crippen molar-refractivity contribution in [1.82, 2.24) is 0 Å². The van der Waals surface area contributed by atoms with Gasteiger partial charge in [0.25, 0.3) is 0 Å². The van der Waals surface area contributed by atoms with E-state index in [0.717, 1.165) is 16.9 Å². The second kappa shape index (κ2) is 5.89. The van der Waals surface area contributed by atoms with E-state index in [1.54, 1.807) is 11.8 Å². The second-order valence-corrected chi connectivity index (χ2v) is 5.02. The maximum absolute atomic E-state index is 5.73. The van der Waals surface area contributed by atoms with E-state index in [2.05, 4.69) is 17.6 Å². The van der Waals surface area contributed by atoms with Crippen molar-refractivity contribution in [2.24, 2.45) is 5.73 Å². The fourth-order valence-electron chi connectivity index (χ4n) is 1.70. The molecule has 0 aromatic heterocycles. The van der Waals surface area contributed by atoms with Gasteiger partial charge in [0.05, 0.1) is 5.69 Å². The minimum absolute atomic E-state index is 0.403. The summed E-state index contributed by atoms with van der Waals surface area (Å²) in [5, 5.41) is 3.39. The fourth-order valence-corrected chi connectivity index (χ4v) is 2.43. The fraction of sp³-hybridized carbons (Fsp3) is 0.0714. The number of rotatable bonds is 4. The lowest BCUT2D eigenvalue weighted by atomic mass is 10.1. The summed E-state index contributed by atoms with van der Waals surface area (Å²) in [6, 6.07) is 15.9. The molecule has 0 aliphatic carbocycles. The van der Waals surface area contributed by atoms with Crippen LogP contribution in [0.15, 0.2) is 53.4 Å². The zero-order valence-electron chi connectivity index (χ0n) is 10.0. The molecule has 3 N–H and O–H groups in total. The van der Waals surface area contributed by atoms with Gasteiger partial charge in [0, 0.05) is 16.1 Å². The predicted molar refractivity (Wildman–Crippen MR) is 83.8 cm³/mol. The standard InChI is InChI=1S/C14H14N2S2/c1-18-13-9-5-4-8-12(13)16-11-7-3-2-6-10(11)14(15)17/h2-9,16H,1H3,(H2,15,17). The summed E-state index contributed by atoms with van der Waals surface area (Å²) in [5.41, 5.74) is 8.59. The average molecular weight is 274 g/mol. The van der Waals surface area contributed by atoms with Crippen molar-refractivity contribution in [3.63, 3.8) is 0 Å². The van der Waals surface area contributed by atoms with Gasteiger partial charge in [-0.3, -0.25) is 0 Å². The summed E-state index contributed by atoms with van der Waals surface area (Å²) in [6.45, 7) is 0. The first kappa shape index (κ1) is 12.9. The molecule has 0 fully saturated rings. The lowest BCUT2D eigenvalue weighted by Gasteiger charge is -2.13. The molecule has 0 spiro atoms. The summed E-state index contributed by atoms with van der Waals surface area (Å²) in [6.07, 6.45) is 2.06. The SMILES string of the molecule is CSc1ccccc1Nc1ccccc1C(N)=S. The number of nitrogens with one attached hydrogen (secondary N) is 1. The number of para-hydroxylation sites is 2. The maximum atomic E-state index is 5.73. The lowest BCUT2D eigenvalue weighted by Crippen LogP contribution is -2.11. The summed E-state index contributed by atoms with van der Waals surface area (Å²) in [5.74, 6) is 0. The van der Waals surface area contributed by atoms with E-state index in [-0.39, 0.29) is 0 Å². The van der Waals surface area contributed by atoms with E-state index >= 15 is 0 Å². The lowest BCUT2D eigenvalue weighted by molar-refractivity contribution is 1.41. The van der Waals surface area contributed by atoms with Gasteiger partial charge in [-0.25, -0.2) is 0 Å². The Morgan fingerprint density at radius 1 is 1.06 bits per heavy atom. The molecule has 2 rings (SSSR count). The monoisotopic (exact) mass is 274 g/mol. The van der Waals surface area contributed by atoms with Gasteiger partial charge in [0.2, 0.25) is 0 Å². The molecule has 0 bridgehead atoms. The number of hydrogen-bond acceptors (Lipinski definition) is 3. The van der Waals surface area contributed by atoms with E-state index in [4.69, 9.17) is 18.0 Å². The molecule has 18 heavy (non-hydrogen) atoms. The van der Waals surface area contributed by atoms with Crippen LogP contribution in [0.25, 0.3) is 0 Å². The number of thioether (sulfide) groups is 1. The molecule has 0 amide bonds. The summed E-state index contributed by atoms with van der Waals surface area (Å²) in [7, 11) is 0. The highest BCUT2D eigenvalue weighted by Gasteiger charge is 2.06. The summed E-state index contributed by atoms with van der Waals surface area (Å²) >= 11 is 6.76. The van der Waals surface area contributed by atoms with Gasteiger partial charge in [-0.15, -0.1) is 11.8 Å².